The molecule has 0 aromatic carbocycles. The number of hydrogen-bond acceptors (Lipinski definition) is 4. The molecule has 1 heterocycles. The van der Waals surface area contributed by atoms with E-state index in [-0.39, 0.29) is 18.5 Å². The fourth-order valence-corrected chi connectivity index (χ4v) is 1.89. The highest BCUT2D eigenvalue weighted by atomic mass is 19.4. The number of ether oxygens (including phenoxy) is 2. The Bertz CT molecular complexity index is 453. The molecule has 1 aliphatic rings. The molecule has 120 valence electrons. The number of methoxy groups -OCH3 is 1. The van der Waals surface area contributed by atoms with Gasteiger partial charge < -0.3 is 9.47 Å². The normalized spacial score (nSPS) is 19.9. The molecule has 0 bridgehead atoms. The maximum Gasteiger partial charge on any atom is 0.414 e. The first-order valence-electron chi connectivity index (χ1n) is 6.36. The number of alkyl halides is 3. The second-order valence-corrected chi connectivity index (χ2v) is 5.67. The van der Waals surface area contributed by atoms with E-state index in [9.17, 15) is 18.0 Å². The van der Waals surface area contributed by atoms with Crippen molar-refractivity contribution in [1.82, 2.24) is 4.90 Å². The van der Waals surface area contributed by atoms with Crippen LogP contribution < -0.4 is 0 Å². The molecule has 0 aromatic rings. The van der Waals surface area contributed by atoms with Crippen molar-refractivity contribution < 1.29 is 27.4 Å². The van der Waals surface area contributed by atoms with Crippen LogP contribution in [0.5, 0.6) is 0 Å². The fourth-order valence-electron chi connectivity index (χ4n) is 1.89. The molecule has 0 spiro atoms. The second kappa shape index (κ2) is 5.95. The van der Waals surface area contributed by atoms with E-state index in [1.54, 1.807) is 20.8 Å². The molecule has 0 radical (unpaired) electrons. The lowest BCUT2D eigenvalue weighted by atomic mass is 9.92. The van der Waals surface area contributed by atoms with Gasteiger partial charge in [0.2, 0.25) is 5.90 Å². The van der Waals surface area contributed by atoms with Crippen LogP contribution in [0.25, 0.3) is 0 Å². The van der Waals surface area contributed by atoms with Crippen LogP contribution >= 0.6 is 0 Å². The summed E-state index contributed by atoms with van der Waals surface area (Å²) >= 11 is 0. The maximum atomic E-state index is 13.0. The third-order valence-electron chi connectivity index (χ3n) is 2.82. The Morgan fingerprint density at radius 1 is 1.38 bits per heavy atom. The van der Waals surface area contributed by atoms with Gasteiger partial charge in [0.15, 0.2) is 0 Å². The van der Waals surface area contributed by atoms with Gasteiger partial charge in [0.05, 0.1) is 13.0 Å². The monoisotopic (exact) mass is 308 g/mol. The molecular weight excluding hydrogens is 289 g/mol. The number of rotatable bonds is 1. The molecular formula is C13H19F3N2O3. The van der Waals surface area contributed by atoms with Crippen LogP contribution in [-0.4, -0.2) is 42.3 Å². The van der Waals surface area contributed by atoms with Gasteiger partial charge in [-0.05, 0) is 27.2 Å². The average Bonchev–Trinajstić information content (AvgIpc) is 2.34. The van der Waals surface area contributed by atoms with E-state index in [1.165, 1.54) is 0 Å². The lowest BCUT2D eigenvalue weighted by Gasteiger charge is -2.33. The minimum atomic E-state index is -4.49. The summed E-state index contributed by atoms with van der Waals surface area (Å²) < 4.78 is 48.6. The minimum absolute atomic E-state index is 0.125. The number of amides is 1. The van der Waals surface area contributed by atoms with E-state index in [4.69, 9.17) is 10.1 Å². The molecule has 1 aliphatic heterocycles. The van der Waals surface area contributed by atoms with Gasteiger partial charge in [-0.2, -0.15) is 13.2 Å². The van der Waals surface area contributed by atoms with Gasteiger partial charge >= 0.3 is 12.3 Å². The summed E-state index contributed by atoms with van der Waals surface area (Å²) in [5.74, 6) is -2.42. The summed E-state index contributed by atoms with van der Waals surface area (Å²) in [5.41, 5.74) is -1.12. The van der Waals surface area contributed by atoms with Gasteiger partial charge in [-0.15, -0.1) is 0 Å². The van der Waals surface area contributed by atoms with Gasteiger partial charge in [0.25, 0.3) is 0 Å². The van der Waals surface area contributed by atoms with Crippen molar-refractivity contribution in [2.75, 3.05) is 13.7 Å². The van der Waals surface area contributed by atoms with Crippen LogP contribution in [0.4, 0.5) is 18.0 Å². The van der Waals surface area contributed by atoms with Gasteiger partial charge in [-0.3, -0.25) is 10.3 Å². The number of nitrogens with zero attached hydrogens (tertiary/aromatic N) is 1. The summed E-state index contributed by atoms with van der Waals surface area (Å²) in [6.07, 6.45) is -4.58. The molecule has 0 aromatic heterocycles. The SMILES string of the molecule is COC(=N)C1=CN(C(=O)OC(C)(C)C)CC[C@H]1C(F)(F)F. The minimum Gasteiger partial charge on any atom is -0.481 e. The van der Waals surface area contributed by atoms with Crippen LogP contribution in [0.3, 0.4) is 0 Å². The Morgan fingerprint density at radius 2 is 1.95 bits per heavy atom. The van der Waals surface area contributed by atoms with Crippen molar-refractivity contribution in [3.63, 3.8) is 0 Å². The molecule has 0 fully saturated rings. The van der Waals surface area contributed by atoms with Crippen molar-refractivity contribution in [3.05, 3.63) is 11.8 Å². The summed E-state index contributed by atoms with van der Waals surface area (Å²) in [6.45, 7) is 4.86. The van der Waals surface area contributed by atoms with Crippen molar-refractivity contribution in [3.8, 4) is 0 Å². The standard InChI is InChI=1S/C13H19F3N2O3/c1-12(2,3)21-11(19)18-6-5-9(13(14,15)16)8(7-18)10(17)20-4/h7,9,17H,5-6H2,1-4H3/t9-/m1/s1. The average molecular weight is 308 g/mol. The van der Waals surface area contributed by atoms with E-state index >= 15 is 0 Å². The van der Waals surface area contributed by atoms with Gasteiger partial charge in [0, 0.05) is 18.3 Å². The number of carbonyl (C=O) groups is 1. The van der Waals surface area contributed by atoms with E-state index in [1.807, 2.05) is 0 Å². The van der Waals surface area contributed by atoms with Crippen LogP contribution in [-0.2, 0) is 9.47 Å². The molecule has 1 atom stereocenters. The van der Waals surface area contributed by atoms with Gasteiger partial charge in [0.1, 0.15) is 5.60 Å². The predicted octanol–water partition coefficient (Wildman–Crippen LogP) is 3.31. The van der Waals surface area contributed by atoms with Crippen molar-refractivity contribution in [1.29, 1.82) is 5.41 Å². The summed E-state index contributed by atoms with van der Waals surface area (Å²) in [6, 6.07) is 0. The van der Waals surface area contributed by atoms with Crippen LogP contribution in [0.2, 0.25) is 0 Å². The number of nitrogens with one attached hydrogen (secondary N) is 1. The Hall–Kier alpha value is -1.73. The van der Waals surface area contributed by atoms with E-state index in [0.29, 0.717) is 0 Å². The first-order valence-corrected chi connectivity index (χ1v) is 6.36. The van der Waals surface area contributed by atoms with Crippen LogP contribution in [0, 0.1) is 11.3 Å². The smallest absolute Gasteiger partial charge is 0.414 e. The second-order valence-electron chi connectivity index (χ2n) is 5.67. The van der Waals surface area contributed by atoms with Crippen LogP contribution in [0.15, 0.2) is 11.8 Å². The Kier molecular flexibility index (Phi) is 4.91. The first-order chi connectivity index (χ1) is 9.45. The summed E-state index contributed by atoms with van der Waals surface area (Å²) in [4.78, 5) is 12.9. The number of hydrogen-bond donors (Lipinski definition) is 1. The molecule has 0 saturated heterocycles. The summed E-state index contributed by atoms with van der Waals surface area (Å²) in [7, 11) is 1.11. The fraction of sp³-hybridized carbons (Fsp3) is 0.692. The zero-order valence-electron chi connectivity index (χ0n) is 12.4. The maximum absolute atomic E-state index is 13.0. The topological polar surface area (TPSA) is 62.6 Å². The predicted molar refractivity (Wildman–Crippen MR) is 69.9 cm³/mol. The third kappa shape index (κ3) is 4.64. The highest BCUT2D eigenvalue weighted by Crippen LogP contribution is 2.37. The molecule has 0 saturated carbocycles. The lowest BCUT2D eigenvalue weighted by molar-refractivity contribution is -0.167. The van der Waals surface area contributed by atoms with E-state index in [0.717, 1.165) is 18.2 Å². The molecule has 8 heteroatoms. The zero-order valence-corrected chi connectivity index (χ0v) is 12.4. The lowest BCUT2D eigenvalue weighted by Crippen LogP contribution is -2.41. The quantitative estimate of drug-likeness (QED) is 0.597. The van der Waals surface area contributed by atoms with Crippen molar-refractivity contribution >= 4 is 12.0 Å². The third-order valence-corrected chi connectivity index (χ3v) is 2.82. The van der Waals surface area contributed by atoms with E-state index < -0.39 is 29.7 Å². The molecule has 21 heavy (non-hydrogen) atoms. The van der Waals surface area contributed by atoms with Crippen LogP contribution in [0.1, 0.15) is 27.2 Å². The largest absolute Gasteiger partial charge is 0.481 e. The summed E-state index contributed by atoms with van der Waals surface area (Å²) in [5, 5.41) is 7.48. The van der Waals surface area contributed by atoms with E-state index in [2.05, 4.69) is 4.74 Å². The number of halogens is 3. The molecule has 0 unspecified atom stereocenters. The zero-order chi connectivity index (χ0) is 16.4. The van der Waals surface area contributed by atoms with Gasteiger partial charge in [-0.25, -0.2) is 4.79 Å². The molecule has 1 rings (SSSR count). The number of carbonyl (C=O) groups excluding carboxylic acids is 1. The molecule has 1 N–H and O–H groups in total. The Morgan fingerprint density at radius 3 is 2.38 bits per heavy atom. The highest BCUT2D eigenvalue weighted by Gasteiger charge is 2.46. The van der Waals surface area contributed by atoms with Crippen molar-refractivity contribution in [2.24, 2.45) is 5.92 Å². The molecule has 5 nitrogen and oxygen atoms in total. The first kappa shape index (κ1) is 17.3. The Labute approximate surface area is 121 Å². The highest BCUT2D eigenvalue weighted by molar-refractivity contribution is 5.92. The van der Waals surface area contributed by atoms with Crippen molar-refractivity contribution in [2.45, 2.75) is 39.0 Å². The molecule has 0 aliphatic carbocycles. The Balaban J connectivity index is 3.03. The van der Waals surface area contributed by atoms with Gasteiger partial charge in [-0.1, -0.05) is 0 Å². The molecule has 1 amide bonds.